The van der Waals surface area contributed by atoms with Crippen LogP contribution in [0.1, 0.15) is 50.3 Å². The van der Waals surface area contributed by atoms with Crippen LogP contribution < -0.4 is 10.6 Å². The number of carbonyl (C=O) groups excluding carboxylic acids is 2. The molecule has 1 aliphatic carbocycles. The van der Waals surface area contributed by atoms with Gasteiger partial charge in [-0.25, -0.2) is 9.59 Å². The maximum Gasteiger partial charge on any atom is 0.328 e. The van der Waals surface area contributed by atoms with Crippen molar-refractivity contribution in [2.75, 3.05) is 7.11 Å². The number of urea groups is 1. The molecule has 0 unspecified atom stereocenters. The Bertz CT molecular complexity index is 559. The second kappa shape index (κ2) is 7.99. The summed E-state index contributed by atoms with van der Waals surface area (Å²) in [5.41, 5.74) is 2.46. The van der Waals surface area contributed by atoms with Crippen LogP contribution in [-0.4, -0.2) is 25.2 Å². The van der Waals surface area contributed by atoms with Gasteiger partial charge < -0.3 is 15.4 Å². The lowest BCUT2D eigenvalue weighted by molar-refractivity contribution is -0.144. The predicted octanol–water partition coefficient (Wildman–Crippen LogP) is 2.95. The van der Waals surface area contributed by atoms with E-state index in [1.165, 1.54) is 18.2 Å². The second-order valence-corrected chi connectivity index (χ2v) is 6.15. The van der Waals surface area contributed by atoms with Crippen molar-refractivity contribution in [1.82, 2.24) is 10.6 Å². The van der Waals surface area contributed by atoms with Gasteiger partial charge in [-0.1, -0.05) is 44.5 Å². The molecule has 2 amide bonds. The average Bonchev–Trinajstić information content (AvgIpc) is 2.58. The maximum atomic E-state index is 12.3. The molecule has 0 saturated carbocycles. The van der Waals surface area contributed by atoms with Crippen molar-refractivity contribution in [2.24, 2.45) is 5.92 Å². The molecule has 1 aromatic rings. The van der Waals surface area contributed by atoms with Crippen LogP contribution in [0.25, 0.3) is 0 Å². The Kier molecular flexibility index (Phi) is 6.02. The van der Waals surface area contributed by atoms with Gasteiger partial charge in [0.25, 0.3) is 0 Å². The Labute approximate surface area is 137 Å². The van der Waals surface area contributed by atoms with Crippen molar-refractivity contribution in [2.45, 2.75) is 51.6 Å². The summed E-state index contributed by atoms with van der Waals surface area (Å²) in [6.45, 7) is 3.91. The van der Waals surface area contributed by atoms with E-state index < -0.39 is 12.0 Å². The minimum Gasteiger partial charge on any atom is -0.467 e. The molecule has 0 bridgehead atoms. The van der Waals surface area contributed by atoms with Gasteiger partial charge in [0.2, 0.25) is 0 Å². The zero-order chi connectivity index (χ0) is 16.8. The van der Waals surface area contributed by atoms with E-state index in [4.69, 9.17) is 4.74 Å². The quantitative estimate of drug-likeness (QED) is 0.820. The molecule has 5 heteroatoms. The molecule has 0 spiro atoms. The third-order valence-electron chi connectivity index (χ3n) is 4.63. The van der Waals surface area contributed by atoms with Crippen molar-refractivity contribution >= 4 is 12.0 Å². The zero-order valence-electron chi connectivity index (χ0n) is 14.1. The molecule has 0 radical (unpaired) electrons. The van der Waals surface area contributed by atoms with Crippen LogP contribution in [0.3, 0.4) is 0 Å². The van der Waals surface area contributed by atoms with Gasteiger partial charge in [0.1, 0.15) is 6.04 Å². The molecular formula is C18H26N2O3. The van der Waals surface area contributed by atoms with E-state index in [1.54, 1.807) is 0 Å². The number of benzene rings is 1. The number of hydrogen-bond donors (Lipinski definition) is 2. The summed E-state index contributed by atoms with van der Waals surface area (Å²) in [5, 5.41) is 5.78. The van der Waals surface area contributed by atoms with E-state index in [0.717, 1.165) is 25.7 Å². The Hall–Kier alpha value is -2.04. The number of methoxy groups -OCH3 is 1. The number of aryl methyl sites for hydroxylation is 1. The number of nitrogens with one attached hydrogen (secondary N) is 2. The van der Waals surface area contributed by atoms with Gasteiger partial charge in [-0.15, -0.1) is 0 Å². The van der Waals surface area contributed by atoms with E-state index >= 15 is 0 Å². The predicted molar refractivity (Wildman–Crippen MR) is 89.0 cm³/mol. The third kappa shape index (κ3) is 4.24. The van der Waals surface area contributed by atoms with Gasteiger partial charge in [0.15, 0.2) is 0 Å². The maximum absolute atomic E-state index is 12.3. The summed E-state index contributed by atoms with van der Waals surface area (Å²) >= 11 is 0. The lowest BCUT2D eigenvalue weighted by Gasteiger charge is -2.28. The fourth-order valence-electron chi connectivity index (χ4n) is 3.04. The van der Waals surface area contributed by atoms with Gasteiger partial charge in [-0.05, 0) is 36.3 Å². The Morgan fingerprint density at radius 3 is 2.78 bits per heavy atom. The lowest BCUT2D eigenvalue weighted by Crippen LogP contribution is -2.50. The first-order chi connectivity index (χ1) is 11.1. The first kappa shape index (κ1) is 17.3. The topological polar surface area (TPSA) is 67.4 Å². The summed E-state index contributed by atoms with van der Waals surface area (Å²) in [7, 11) is 1.34. The van der Waals surface area contributed by atoms with Gasteiger partial charge >= 0.3 is 12.0 Å². The first-order valence-electron chi connectivity index (χ1n) is 8.29. The molecule has 0 saturated heterocycles. The summed E-state index contributed by atoms with van der Waals surface area (Å²) in [6, 6.07) is 7.25. The highest BCUT2D eigenvalue weighted by Crippen LogP contribution is 2.29. The molecule has 0 heterocycles. The van der Waals surface area contributed by atoms with Crippen LogP contribution in [-0.2, 0) is 16.0 Å². The summed E-state index contributed by atoms with van der Waals surface area (Å²) < 4.78 is 4.80. The van der Waals surface area contributed by atoms with Gasteiger partial charge in [-0.2, -0.15) is 0 Å². The number of amides is 2. The Morgan fingerprint density at radius 2 is 2.09 bits per heavy atom. The number of ether oxygens (including phenoxy) is 1. The summed E-state index contributed by atoms with van der Waals surface area (Å²) in [6.07, 6.45) is 3.80. The monoisotopic (exact) mass is 318 g/mol. The molecule has 3 atom stereocenters. The van der Waals surface area contributed by atoms with Crippen LogP contribution in [0.5, 0.6) is 0 Å². The fraction of sp³-hybridized carbons (Fsp3) is 0.556. The SMILES string of the molecule is CC[C@@H](C)[C@H](NC(=O)N[C@H]1CCCc2ccccc21)C(=O)OC. The first-order valence-corrected chi connectivity index (χ1v) is 8.29. The van der Waals surface area contributed by atoms with Crippen molar-refractivity contribution < 1.29 is 14.3 Å². The molecule has 0 aliphatic heterocycles. The summed E-state index contributed by atoms with van der Waals surface area (Å²) in [4.78, 5) is 24.2. The zero-order valence-corrected chi connectivity index (χ0v) is 14.1. The molecule has 1 aromatic carbocycles. The molecule has 126 valence electrons. The van der Waals surface area contributed by atoms with Gasteiger partial charge in [-0.3, -0.25) is 0 Å². The Morgan fingerprint density at radius 1 is 1.35 bits per heavy atom. The highest BCUT2D eigenvalue weighted by atomic mass is 16.5. The third-order valence-corrected chi connectivity index (χ3v) is 4.63. The molecule has 23 heavy (non-hydrogen) atoms. The van der Waals surface area contributed by atoms with E-state index in [-0.39, 0.29) is 18.0 Å². The number of hydrogen-bond acceptors (Lipinski definition) is 3. The van der Waals surface area contributed by atoms with Gasteiger partial charge in [0.05, 0.1) is 13.2 Å². The van der Waals surface area contributed by atoms with Gasteiger partial charge in [0, 0.05) is 0 Å². The average molecular weight is 318 g/mol. The van der Waals surface area contributed by atoms with Crippen LogP contribution in [0.15, 0.2) is 24.3 Å². The summed E-state index contributed by atoms with van der Waals surface area (Å²) in [5.74, 6) is -0.384. The van der Waals surface area contributed by atoms with Crippen LogP contribution in [0.4, 0.5) is 4.79 Å². The highest BCUT2D eigenvalue weighted by Gasteiger charge is 2.28. The molecule has 1 aliphatic rings. The fourth-order valence-corrected chi connectivity index (χ4v) is 3.04. The van der Waals surface area contributed by atoms with E-state index in [1.807, 2.05) is 26.0 Å². The molecular weight excluding hydrogens is 292 g/mol. The van der Waals surface area contributed by atoms with E-state index in [2.05, 4.69) is 22.8 Å². The van der Waals surface area contributed by atoms with Crippen molar-refractivity contribution in [3.05, 3.63) is 35.4 Å². The van der Waals surface area contributed by atoms with Crippen LogP contribution in [0, 0.1) is 5.92 Å². The standard InChI is InChI=1S/C18H26N2O3/c1-4-12(2)16(17(21)23-3)20-18(22)19-15-11-7-9-13-8-5-6-10-14(13)15/h5-6,8,10,12,15-16H,4,7,9,11H2,1-3H3,(H2,19,20,22)/t12-,15+,16+/m1/s1. The number of rotatable bonds is 5. The molecule has 2 N–H and O–H groups in total. The van der Waals surface area contributed by atoms with E-state index in [9.17, 15) is 9.59 Å². The van der Waals surface area contributed by atoms with Crippen molar-refractivity contribution in [3.8, 4) is 0 Å². The largest absolute Gasteiger partial charge is 0.467 e. The molecule has 0 aromatic heterocycles. The second-order valence-electron chi connectivity index (χ2n) is 6.15. The minimum absolute atomic E-state index is 0.00446. The molecule has 0 fully saturated rings. The normalized spacial score (nSPS) is 19.2. The molecule has 2 rings (SSSR count). The minimum atomic E-state index is -0.621. The Balaban J connectivity index is 2.03. The van der Waals surface area contributed by atoms with Crippen LogP contribution in [0.2, 0.25) is 0 Å². The van der Waals surface area contributed by atoms with Crippen molar-refractivity contribution in [1.29, 1.82) is 0 Å². The number of fused-ring (bicyclic) bond motifs is 1. The smallest absolute Gasteiger partial charge is 0.328 e. The highest BCUT2D eigenvalue weighted by molar-refractivity contribution is 5.84. The van der Waals surface area contributed by atoms with Crippen molar-refractivity contribution in [3.63, 3.8) is 0 Å². The number of esters is 1. The molecule has 5 nitrogen and oxygen atoms in total. The van der Waals surface area contributed by atoms with E-state index in [0.29, 0.717) is 0 Å². The number of carbonyl (C=O) groups is 2. The van der Waals surface area contributed by atoms with Crippen LogP contribution >= 0.6 is 0 Å². The lowest BCUT2D eigenvalue weighted by atomic mass is 9.88.